The van der Waals surface area contributed by atoms with Crippen LogP contribution >= 0.6 is 0 Å². The highest BCUT2D eigenvalue weighted by molar-refractivity contribution is 6.09. The van der Waals surface area contributed by atoms with Gasteiger partial charge < -0.3 is 0 Å². The summed E-state index contributed by atoms with van der Waals surface area (Å²) in [6.07, 6.45) is 0. The summed E-state index contributed by atoms with van der Waals surface area (Å²) >= 11 is 0. The zero-order valence-corrected chi connectivity index (χ0v) is 17.5. The summed E-state index contributed by atoms with van der Waals surface area (Å²) in [6.45, 7) is 6.80. The van der Waals surface area contributed by atoms with E-state index in [0.717, 1.165) is 0 Å². The van der Waals surface area contributed by atoms with E-state index in [9.17, 15) is 0 Å². The van der Waals surface area contributed by atoms with Crippen LogP contribution in [-0.4, -0.2) is 0 Å². The largest absolute Gasteiger partial charge is 0.213 e. The first-order valence-corrected chi connectivity index (χ1v) is 10.4. The lowest BCUT2D eigenvalue weighted by Gasteiger charge is -2.14. The predicted octanol–water partition coefficient (Wildman–Crippen LogP) is 7.07. The summed E-state index contributed by atoms with van der Waals surface area (Å²) in [7, 11) is 2.19. The Balaban J connectivity index is 1.88. The third kappa shape index (κ3) is 2.81. The molecular formula is C28H26N+. The van der Waals surface area contributed by atoms with Gasteiger partial charge in [-0.2, -0.15) is 4.57 Å². The first-order valence-electron chi connectivity index (χ1n) is 10.4. The molecule has 4 aromatic carbocycles. The highest BCUT2D eigenvalue weighted by atomic mass is 14.9. The summed E-state index contributed by atoms with van der Waals surface area (Å²) in [5.74, 6) is 0.474. The van der Waals surface area contributed by atoms with Crippen molar-refractivity contribution in [1.82, 2.24) is 0 Å². The van der Waals surface area contributed by atoms with Gasteiger partial charge in [0, 0.05) is 23.1 Å². The fourth-order valence-corrected chi connectivity index (χ4v) is 4.64. The van der Waals surface area contributed by atoms with E-state index in [1.807, 2.05) is 0 Å². The molecule has 0 aliphatic rings. The summed E-state index contributed by atoms with van der Waals surface area (Å²) in [4.78, 5) is 0. The predicted molar refractivity (Wildman–Crippen MR) is 124 cm³/mol. The average Bonchev–Trinajstić information content (AvgIpc) is 2.73. The Labute approximate surface area is 172 Å². The second-order valence-electron chi connectivity index (χ2n) is 8.39. The molecule has 1 heterocycles. The van der Waals surface area contributed by atoms with Crippen LogP contribution in [0.4, 0.5) is 0 Å². The van der Waals surface area contributed by atoms with Gasteiger partial charge in [0.1, 0.15) is 7.05 Å². The standard InChI is InChI=1S/C28H26N/c1-18(2)24-17-28(29(4)27-12-8-7-11-23(24)27)25-16-26-21(15-19(25)3)14-13-20-9-5-6-10-22(20)26/h5-18H,1-4H3/q+1. The van der Waals surface area contributed by atoms with Crippen LogP contribution in [0, 0.1) is 6.92 Å². The van der Waals surface area contributed by atoms with Gasteiger partial charge in [-0.1, -0.05) is 68.4 Å². The van der Waals surface area contributed by atoms with E-state index in [0.29, 0.717) is 5.92 Å². The molecule has 0 saturated carbocycles. The van der Waals surface area contributed by atoms with E-state index in [1.165, 1.54) is 54.8 Å². The maximum absolute atomic E-state index is 2.40. The average molecular weight is 377 g/mol. The third-order valence-electron chi connectivity index (χ3n) is 6.22. The first kappa shape index (κ1) is 17.9. The fraction of sp³-hybridized carbons (Fsp3) is 0.179. The quantitative estimate of drug-likeness (QED) is 0.229. The number of aromatic nitrogens is 1. The number of hydrogen-bond donors (Lipinski definition) is 0. The van der Waals surface area contributed by atoms with E-state index < -0.39 is 0 Å². The maximum atomic E-state index is 2.40. The number of para-hydroxylation sites is 1. The molecule has 0 saturated heterocycles. The van der Waals surface area contributed by atoms with Crippen LogP contribution in [0.3, 0.4) is 0 Å². The Kier molecular flexibility index (Phi) is 4.13. The molecule has 29 heavy (non-hydrogen) atoms. The Morgan fingerprint density at radius 1 is 0.690 bits per heavy atom. The molecule has 0 N–H and O–H groups in total. The molecule has 0 amide bonds. The van der Waals surface area contributed by atoms with Gasteiger partial charge in [0.15, 0.2) is 0 Å². The van der Waals surface area contributed by atoms with Gasteiger partial charge in [-0.15, -0.1) is 0 Å². The van der Waals surface area contributed by atoms with Crippen LogP contribution < -0.4 is 4.57 Å². The topological polar surface area (TPSA) is 3.88 Å². The van der Waals surface area contributed by atoms with E-state index in [4.69, 9.17) is 0 Å². The summed E-state index contributed by atoms with van der Waals surface area (Å²) in [5.41, 5.74) is 6.59. The van der Waals surface area contributed by atoms with Crippen LogP contribution in [0.2, 0.25) is 0 Å². The molecule has 1 nitrogen and oxygen atoms in total. The van der Waals surface area contributed by atoms with Gasteiger partial charge in [-0.25, -0.2) is 0 Å². The highest BCUT2D eigenvalue weighted by Crippen LogP contribution is 2.34. The van der Waals surface area contributed by atoms with Crippen molar-refractivity contribution in [3.63, 3.8) is 0 Å². The van der Waals surface area contributed by atoms with Crippen LogP contribution in [0.15, 0.2) is 78.9 Å². The van der Waals surface area contributed by atoms with E-state index in [1.54, 1.807) is 0 Å². The Bertz CT molecular complexity index is 1390. The van der Waals surface area contributed by atoms with E-state index in [2.05, 4.69) is 111 Å². The maximum Gasteiger partial charge on any atom is 0.213 e. The number of aryl methyl sites for hydroxylation is 2. The molecule has 0 fully saturated rings. The van der Waals surface area contributed by atoms with Crippen molar-refractivity contribution in [2.24, 2.45) is 7.05 Å². The zero-order chi connectivity index (χ0) is 20.1. The van der Waals surface area contributed by atoms with Crippen molar-refractivity contribution in [2.45, 2.75) is 26.7 Å². The van der Waals surface area contributed by atoms with Gasteiger partial charge in [-0.3, -0.25) is 0 Å². The second-order valence-corrected chi connectivity index (χ2v) is 8.39. The number of hydrogen-bond acceptors (Lipinski definition) is 0. The monoisotopic (exact) mass is 376 g/mol. The minimum Gasteiger partial charge on any atom is -0.194 e. The molecule has 0 bridgehead atoms. The van der Waals surface area contributed by atoms with Gasteiger partial charge in [0.05, 0.1) is 0 Å². The molecule has 0 aliphatic heterocycles. The van der Waals surface area contributed by atoms with Crippen molar-refractivity contribution in [1.29, 1.82) is 0 Å². The highest BCUT2D eigenvalue weighted by Gasteiger charge is 2.21. The number of nitrogens with zero attached hydrogens (tertiary/aromatic N) is 1. The van der Waals surface area contributed by atoms with Crippen molar-refractivity contribution in [3.05, 3.63) is 90.0 Å². The molecule has 0 radical (unpaired) electrons. The van der Waals surface area contributed by atoms with Crippen LogP contribution in [0.5, 0.6) is 0 Å². The summed E-state index contributed by atoms with van der Waals surface area (Å²) in [5, 5.41) is 6.58. The number of rotatable bonds is 2. The Morgan fingerprint density at radius 2 is 1.38 bits per heavy atom. The summed E-state index contributed by atoms with van der Waals surface area (Å²) < 4.78 is 2.35. The lowest BCUT2D eigenvalue weighted by Crippen LogP contribution is -2.32. The molecule has 142 valence electrons. The van der Waals surface area contributed by atoms with Gasteiger partial charge >= 0.3 is 0 Å². The number of benzene rings is 4. The van der Waals surface area contributed by atoms with Gasteiger partial charge in [0.2, 0.25) is 11.2 Å². The van der Waals surface area contributed by atoms with Crippen molar-refractivity contribution < 1.29 is 4.57 Å². The number of pyridine rings is 1. The smallest absolute Gasteiger partial charge is 0.194 e. The molecule has 0 spiro atoms. The molecule has 5 aromatic rings. The molecular weight excluding hydrogens is 350 g/mol. The van der Waals surface area contributed by atoms with E-state index >= 15 is 0 Å². The summed E-state index contributed by atoms with van der Waals surface area (Å²) in [6, 6.07) is 29.0. The molecule has 0 unspecified atom stereocenters. The molecule has 1 aromatic heterocycles. The Morgan fingerprint density at radius 3 is 2.17 bits per heavy atom. The second kappa shape index (κ2) is 6.70. The zero-order valence-electron chi connectivity index (χ0n) is 17.5. The van der Waals surface area contributed by atoms with Crippen molar-refractivity contribution in [2.75, 3.05) is 0 Å². The minimum atomic E-state index is 0.474. The third-order valence-corrected chi connectivity index (χ3v) is 6.22. The van der Waals surface area contributed by atoms with Crippen molar-refractivity contribution >= 4 is 32.4 Å². The SMILES string of the molecule is Cc1cc2ccc3ccccc3c2cc1-c1cc(C(C)C)c2ccccc2[n+]1C. The fourth-order valence-electron chi connectivity index (χ4n) is 4.64. The lowest BCUT2D eigenvalue weighted by atomic mass is 9.92. The van der Waals surface area contributed by atoms with Crippen LogP contribution in [0.25, 0.3) is 43.7 Å². The molecule has 0 atom stereocenters. The normalized spacial score (nSPS) is 11.8. The number of fused-ring (bicyclic) bond motifs is 4. The first-order chi connectivity index (χ1) is 14.0. The molecule has 0 aliphatic carbocycles. The lowest BCUT2D eigenvalue weighted by molar-refractivity contribution is -0.633. The van der Waals surface area contributed by atoms with E-state index in [-0.39, 0.29) is 0 Å². The van der Waals surface area contributed by atoms with Gasteiger partial charge in [-0.05, 0) is 57.6 Å². The van der Waals surface area contributed by atoms with Gasteiger partial charge in [0.25, 0.3) is 0 Å². The molecule has 5 rings (SSSR count). The van der Waals surface area contributed by atoms with Crippen molar-refractivity contribution in [3.8, 4) is 11.3 Å². The van der Waals surface area contributed by atoms with Crippen LogP contribution in [-0.2, 0) is 7.05 Å². The van der Waals surface area contributed by atoms with Crippen LogP contribution in [0.1, 0.15) is 30.9 Å². The molecule has 1 heteroatoms. The minimum absolute atomic E-state index is 0.474. The Hall–Kier alpha value is -3.19.